The van der Waals surface area contributed by atoms with Crippen molar-refractivity contribution in [3.63, 3.8) is 0 Å². The summed E-state index contributed by atoms with van der Waals surface area (Å²) in [5, 5.41) is 21.1. The first-order chi connectivity index (χ1) is 15.0. The number of halogens is 1. The maximum Gasteiger partial charge on any atom is 0.335 e. The summed E-state index contributed by atoms with van der Waals surface area (Å²) in [4.78, 5) is 23.7. The van der Waals surface area contributed by atoms with Gasteiger partial charge in [0.05, 0.1) is 5.56 Å². The lowest BCUT2D eigenvalue weighted by Gasteiger charge is -2.10. The zero-order valence-corrected chi connectivity index (χ0v) is 18.4. The fraction of sp³-hybridized carbons (Fsp3) is 0.0417. The van der Waals surface area contributed by atoms with Crippen molar-refractivity contribution < 1.29 is 19.4 Å². The highest BCUT2D eigenvalue weighted by Gasteiger charge is 2.12. The number of carbonyl (C=O) groups is 2. The molecule has 2 N–H and O–H groups in total. The number of hydrogen-bond donors (Lipinski definition) is 2. The zero-order chi connectivity index (χ0) is 22.2. The van der Waals surface area contributed by atoms with Gasteiger partial charge in [0.15, 0.2) is 0 Å². The number of aromatic carboxylic acids is 1. The van der Waals surface area contributed by atoms with Crippen molar-refractivity contribution in [3.8, 4) is 11.8 Å². The van der Waals surface area contributed by atoms with E-state index in [4.69, 9.17) is 9.84 Å². The minimum atomic E-state index is -1.11. The van der Waals surface area contributed by atoms with E-state index in [-0.39, 0.29) is 16.8 Å². The first kappa shape index (κ1) is 22.1. The van der Waals surface area contributed by atoms with Crippen LogP contribution in [0.15, 0.2) is 78.4 Å². The van der Waals surface area contributed by atoms with E-state index < -0.39 is 11.9 Å². The fourth-order valence-electron chi connectivity index (χ4n) is 2.71. The van der Waals surface area contributed by atoms with E-state index in [0.717, 1.165) is 9.13 Å². The molecule has 0 fully saturated rings. The largest absolute Gasteiger partial charge is 0.488 e. The standard InChI is InChI=1S/C24H17IN2O4/c25-20-10-8-16(9-11-20)15-31-22-7-2-1-4-17(22)12-19(14-26)23(28)27-21-6-3-5-18(13-21)24(29)30/h1-13H,15H2,(H,27,28)(H,29,30)/b19-12-. The Morgan fingerprint density at radius 2 is 1.81 bits per heavy atom. The predicted molar refractivity (Wildman–Crippen MR) is 126 cm³/mol. The zero-order valence-electron chi connectivity index (χ0n) is 16.2. The van der Waals surface area contributed by atoms with Crippen LogP contribution in [0.3, 0.4) is 0 Å². The van der Waals surface area contributed by atoms with E-state index in [9.17, 15) is 14.9 Å². The molecule has 0 aliphatic heterocycles. The Morgan fingerprint density at radius 1 is 1.06 bits per heavy atom. The number of carboxylic acids is 1. The number of anilines is 1. The molecule has 3 aromatic carbocycles. The maximum absolute atomic E-state index is 12.6. The molecular formula is C24H17IN2O4. The van der Waals surface area contributed by atoms with Gasteiger partial charge in [0, 0.05) is 14.8 Å². The number of amides is 1. The smallest absolute Gasteiger partial charge is 0.335 e. The average molecular weight is 524 g/mol. The van der Waals surface area contributed by atoms with Crippen LogP contribution < -0.4 is 10.1 Å². The summed E-state index contributed by atoms with van der Waals surface area (Å²) >= 11 is 2.23. The van der Waals surface area contributed by atoms with Crippen LogP contribution in [0.4, 0.5) is 5.69 Å². The van der Waals surface area contributed by atoms with Gasteiger partial charge in [-0.2, -0.15) is 5.26 Å². The Morgan fingerprint density at radius 3 is 2.52 bits per heavy atom. The van der Waals surface area contributed by atoms with Crippen LogP contribution in [0.25, 0.3) is 6.08 Å². The highest BCUT2D eigenvalue weighted by molar-refractivity contribution is 14.1. The number of nitrogens with zero attached hydrogens (tertiary/aromatic N) is 1. The number of nitrogens with one attached hydrogen (secondary N) is 1. The van der Waals surface area contributed by atoms with Gasteiger partial charge in [0.25, 0.3) is 5.91 Å². The first-order valence-electron chi connectivity index (χ1n) is 9.19. The Kier molecular flexibility index (Phi) is 7.40. The van der Waals surface area contributed by atoms with E-state index in [1.807, 2.05) is 36.4 Å². The van der Waals surface area contributed by atoms with Gasteiger partial charge in [-0.05, 0) is 70.6 Å². The molecule has 0 aliphatic carbocycles. The molecule has 0 atom stereocenters. The summed E-state index contributed by atoms with van der Waals surface area (Å²) in [5.74, 6) is -1.21. The number of carbonyl (C=O) groups excluding carboxylic acids is 1. The monoisotopic (exact) mass is 524 g/mol. The molecule has 6 nitrogen and oxygen atoms in total. The number of nitriles is 1. The lowest BCUT2D eigenvalue weighted by Crippen LogP contribution is -2.14. The SMILES string of the molecule is N#C/C(=C/c1ccccc1OCc1ccc(I)cc1)C(=O)Nc1cccc(C(=O)O)c1. The van der Waals surface area contributed by atoms with E-state index in [1.165, 1.54) is 24.3 Å². The molecule has 1 amide bonds. The lowest BCUT2D eigenvalue weighted by molar-refractivity contribution is -0.112. The fourth-order valence-corrected chi connectivity index (χ4v) is 3.07. The molecule has 0 heterocycles. The third-order valence-corrected chi connectivity index (χ3v) is 4.98. The molecule has 7 heteroatoms. The van der Waals surface area contributed by atoms with Gasteiger partial charge in [0.2, 0.25) is 0 Å². The third-order valence-electron chi connectivity index (χ3n) is 4.26. The molecule has 3 rings (SSSR count). The summed E-state index contributed by atoms with van der Waals surface area (Å²) in [6, 6.07) is 22.7. The lowest BCUT2D eigenvalue weighted by atomic mass is 10.1. The van der Waals surface area contributed by atoms with Crippen molar-refractivity contribution in [2.45, 2.75) is 6.61 Å². The average Bonchev–Trinajstić information content (AvgIpc) is 2.77. The highest BCUT2D eigenvalue weighted by atomic mass is 127. The van der Waals surface area contributed by atoms with Crippen molar-refractivity contribution in [2.75, 3.05) is 5.32 Å². The minimum Gasteiger partial charge on any atom is -0.488 e. The summed E-state index contributed by atoms with van der Waals surface area (Å²) in [7, 11) is 0. The van der Waals surface area contributed by atoms with Crippen LogP contribution in [0.5, 0.6) is 5.75 Å². The quantitative estimate of drug-likeness (QED) is 0.254. The number of carboxylic acid groups (broad SMARTS) is 1. The minimum absolute atomic E-state index is 0.0367. The number of hydrogen-bond acceptors (Lipinski definition) is 4. The van der Waals surface area contributed by atoms with Crippen LogP contribution in [0, 0.1) is 14.9 Å². The normalized spacial score (nSPS) is 10.8. The van der Waals surface area contributed by atoms with Gasteiger partial charge in [-0.3, -0.25) is 4.79 Å². The second-order valence-electron chi connectivity index (χ2n) is 6.46. The number of ether oxygens (including phenoxy) is 1. The summed E-state index contributed by atoms with van der Waals surface area (Å²) in [6.07, 6.45) is 1.44. The Balaban J connectivity index is 1.78. The number of para-hydroxylation sites is 1. The van der Waals surface area contributed by atoms with Gasteiger partial charge < -0.3 is 15.2 Å². The van der Waals surface area contributed by atoms with Gasteiger partial charge >= 0.3 is 5.97 Å². The second kappa shape index (κ2) is 10.4. The number of benzene rings is 3. The van der Waals surface area contributed by atoms with E-state index in [0.29, 0.717) is 17.9 Å². The molecule has 0 spiro atoms. The molecule has 0 aliphatic rings. The Bertz CT molecular complexity index is 1180. The highest BCUT2D eigenvalue weighted by Crippen LogP contribution is 2.23. The molecule has 0 radical (unpaired) electrons. The van der Waals surface area contributed by atoms with Gasteiger partial charge in [0.1, 0.15) is 24.0 Å². The maximum atomic E-state index is 12.6. The summed E-state index contributed by atoms with van der Waals surface area (Å²) in [5.41, 5.74) is 1.77. The first-order valence-corrected chi connectivity index (χ1v) is 10.3. The molecule has 154 valence electrons. The molecule has 3 aromatic rings. The molecule has 0 aromatic heterocycles. The molecular weight excluding hydrogens is 507 g/mol. The van der Waals surface area contributed by atoms with Crippen molar-refractivity contribution in [1.82, 2.24) is 0 Å². The van der Waals surface area contributed by atoms with Gasteiger partial charge in [-0.15, -0.1) is 0 Å². The molecule has 31 heavy (non-hydrogen) atoms. The van der Waals surface area contributed by atoms with Crippen LogP contribution >= 0.6 is 22.6 Å². The van der Waals surface area contributed by atoms with E-state index in [1.54, 1.807) is 24.3 Å². The van der Waals surface area contributed by atoms with E-state index in [2.05, 4.69) is 27.9 Å². The van der Waals surface area contributed by atoms with Crippen LogP contribution in [-0.4, -0.2) is 17.0 Å². The van der Waals surface area contributed by atoms with Crippen LogP contribution in [0.2, 0.25) is 0 Å². The molecule has 0 saturated carbocycles. The van der Waals surface area contributed by atoms with Crippen molar-refractivity contribution in [1.29, 1.82) is 5.26 Å². The number of rotatable bonds is 7. The van der Waals surface area contributed by atoms with Crippen molar-refractivity contribution >= 4 is 46.2 Å². The molecule has 0 unspecified atom stereocenters. The summed E-state index contributed by atoms with van der Waals surface area (Å²) < 4.78 is 7.02. The molecule has 0 saturated heterocycles. The predicted octanol–water partition coefficient (Wildman–Crippen LogP) is 5.11. The topological polar surface area (TPSA) is 99.4 Å². The van der Waals surface area contributed by atoms with Crippen LogP contribution in [0.1, 0.15) is 21.5 Å². The van der Waals surface area contributed by atoms with Gasteiger partial charge in [-0.1, -0.05) is 36.4 Å². The second-order valence-corrected chi connectivity index (χ2v) is 7.71. The van der Waals surface area contributed by atoms with Crippen molar-refractivity contribution in [3.05, 3.63) is 98.6 Å². The Labute approximate surface area is 192 Å². The van der Waals surface area contributed by atoms with E-state index >= 15 is 0 Å². The summed E-state index contributed by atoms with van der Waals surface area (Å²) in [6.45, 7) is 0.345. The van der Waals surface area contributed by atoms with Crippen molar-refractivity contribution in [2.24, 2.45) is 0 Å². The van der Waals surface area contributed by atoms with Crippen LogP contribution in [-0.2, 0) is 11.4 Å². The third kappa shape index (κ3) is 6.17. The molecule has 0 bridgehead atoms. The van der Waals surface area contributed by atoms with Gasteiger partial charge in [-0.25, -0.2) is 4.79 Å². The Hall–Kier alpha value is -3.64.